The summed E-state index contributed by atoms with van der Waals surface area (Å²) in [5.41, 5.74) is 2.81. The Morgan fingerprint density at radius 1 is 1.00 bits per heavy atom. The van der Waals surface area contributed by atoms with Crippen LogP contribution in [0.4, 0.5) is 5.69 Å². The van der Waals surface area contributed by atoms with Gasteiger partial charge >= 0.3 is 5.97 Å². The zero-order valence-corrected chi connectivity index (χ0v) is 11.2. The van der Waals surface area contributed by atoms with Crippen LogP contribution in [0, 0.1) is 13.8 Å². The number of aromatic carboxylic acids is 1. The van der Waals surface area contributed by atoms with Crippen molar-refractivity contribution in [1.29, 1.82) is 0 Å². The van der Waals surface area contributed by atoms with Gasteiger partial charge in [0.2, 0.25) is 0 Å². The van der Waals surface area contributed by atoms with Crippen LogP contribution in [0.2, 0.25) is 0 Å². The van der Waals surface area contributed by atoms with E-state index in [1.165, 1.54) is 24.3 Å². The van der Waals surface area contributed by atoms with Gasteiger partial charge in [0.15, 0.2) is 0 Å². The van der Waals surface area contributed by atoms with Crippen molar-refractivity contribution in [2.45, 2.75) is 13.8 Å². The van der Waals surface area contributed by atoms with Crippen molar-refractivity contribution in [2.24, 2.45) is 0 Å². The number of amides is 1. The van der Waals surface area contributed by atoms with Crippen LogP contribution < -0.4 is 5.32 Å². The lowest BCUT2D eigenvalue weighted by atomic mass is 10.1. The van der Waals surface area contributed by atoms with Crippen molar-refractivity contribution in [3.8, 4) is 0 Å². The van der Waals surface area contributed by atoms with Gasteiger partial charge in [-0.2, -0.15) is 0 Å². The van der Waals surface area contributed by atoms with Gasteiger partial charge in [-0.15, -0.1) is 0 Å². The number of rotatable bonds is 3. The molecule has 0 saturated heterocycles. The van der Waals surface area contributed by atoms with Crippen LogP contribution >= 0.6 is 0 Å². The Morgan fingerprint density at radius 2 is 1.60 bits per heavy atom. The van der Waals surface area contributed by atoms with Crippen molar-refractivity contribution in [2.75, 3.05) is 5.32 Å². The van der Waals surface area contributed by atoms with E-state index in [0.29, 0.717) is 11.3 Å². The fourth-order valence-corrected chi connectivity index (χ4v) is 1.78. The SMILES string of the molecule is Cc1ccc(NC(=O)c2ccc(C(=O)O)cc2)c(C)n1. The number of hydrogen-bond donors (Lipinski definition) is 2. The summed E-state index contributed by atoms with van der Waals surface area (Å²) in [7, 11) is 0. The number of aryl methyl sites for hydroxylation is 2. The molecular formula is C15H14N2O3. The first kappa shape index (κ1) is 13.7. The fraction of sp³-hybridized carbons (Fsp3) is 0.133. The van der Waals surface area contributed by atoms with Crippen molar-refractivity contribution < 1.29 is 14.7 Å². The molecule has 0 spiro atoms. The first-order chi connectivity index (χ1) is 9.47. The van der Waals surface area contributed by atoms with Gasteiger partial charge < -0.3 is 10.4 Å². The number of aromatic nitrogens is 1. The average molecular weight is 270 g/mol. The number of nitrogens with zero attached hydrogens (tertiary/aromatic N) is 1. The number of anilines is 1. The van der Waals surface area contributed by atoms with Gasteiger partial charge in [0, 0.05) is 11.3 Å². The van der Waals surface area contributed by atoms with Gasteiger partial charge in [0.1, 0.15) is 0 Å². The summed E-state index contributed by atoms with van der Waals surface area (Å²) in [5, 5.41) is 11.6. The minimum absolute atomic E-state index is 0.148. The Hall–Kier alpha value is -2.69. The molecular weight excluding hydrogens is 256 g/mol. The van der Waals surface area contributed by atoms with Crippen LogP contribution in [0.25, 0.3) is 0 Å². The summed E-state index contributed by atoms with van der Waals surface area (Å²) in [6.45, 7) is 3.69. The smallest absolute Gasteiger partial charge is 0.335 e. The Morgan fingerprint density at radius 3 is 2.15 bits per heavy atom. The summed E-state index contributed by atoms with van der Waals surface area (Å²) in [5.74, 6) is -1.31. The third kappa shape index (κ3) is 3.00. The molecule has 0 atom stereocenters. The van der Waals surface area contributed by atoms with Gasteiger partial charge in [-0.3, -0.25) is 9.78 Å². The highest BCUT2D eigenvalue weighted by Crippen LogP contribution is 2.14. The third-order valence-corrected chi connectivity index (χ3v) is 2.87. The lowest BCUT2D eigenvalue weighted by Crippen LogP contribution is -2.13. The molecule has 0 aliphatic carbocycles. The third-order valence-electron chi connectivity index (χ3n) is 2.87. The molecule has 0 radical (unpaired) electrons. The molecule has 5 heteroatoms. The molecule has 2 N–H and O–H groups in total. The minimum Gasteiger partial charge on any atom is -0.478 e. The van der Waals surface area contributed by atoms with Crippen molar-refractivity contribution >= 4 is 17.6 Å². The van der Waals surface area contributed by atoms with Crippen LogP contribution in [-0.4, -0.2) is 22.0 Å². The second kappa shape index (κ2) is 5.52. The van der Waals surface area contributed by atoms with E-state index < -0.39 is 5.97 Å². The Bertz CT molecular complexity index is 663. The molecule has 5 nitrogen and oxygen atoms in total. The standard InChI is InChI=1S/C15H14N2O3/c1-9-3-8-13(10(2)16-9)17-14(18)11-4-6-12(7-5-11)15(19)20/h3-8H,1-2H3,(H,17,18)(H,19,20). The fourth-order valence-electron chi connectivity index (χ4n) is 1.78. The molecule has 1 aromatic carbocycles. The predicted octanol–water partition coefficient (Wildman–Crippen LogP) is 2.65. The van der Waals surface area contributed by atoms with E-state index in [0.717, 1.165) is 11.4 Å². The molecule has 0 aliphatic heterocycles. The van der Waals surface area contributed by atoms with Crippen LogP contribution in [-0.2, 0) is 0 Å². The first-order valence-corrected chi connectivity index (χ1v) is 6.06. The maximum atomic E-state index is 12.0. The zero-order valence-electron chi connectivity index (χ0n) is 11.2. The van der Waals surface area contributed by atoms with Crippen LogP contribution in [0.1, 0.15) is 32.1 Å². The van der Waals surface area contributed by atoms with E-state index in [9.17, 15) is 9.59 Å². The monoisotopic (exact) mass is 270 g/mol. The second-order valence-electron chi connectivity index (χ2n) is 4.42. The topological polar surface area (TPSA) is 79.3 Å². The maximum absolute atomic E-state index is 12.0. The van der Waals surface area contributed by atoms with Gasteiger partial charge in [-0.1, -0.05) is 0 Å². The second-order valence-corrected chi connectivity index (χ2v) is 4.42. The Balaban J connectivity index is 2.17. The summed E-state index contributed by atoms with van der Waals surface area (Å²) in [6.07, 6.45) is 0. The van der Waals surface area contributed by atoms with Gasteiger partial charge in [0.25, 0.3) is 5.91 Å². The van der Waals surface area contributed by atoms with Crippen LogP contribution in [0.5, 0.6) is 0 Å². The lowest BCUT2D eigenvalue weighted by molar-refractivity contribution is 0.0696. The van der Waals surface area contributed by atoms with E-state index in [4.69, 9.17) is 5.11 Å². The van der Waals surface area contributed by atoms with Crippen LogP contribution in [0.15, 0.2) is 36.4 Å². The van der Waals surface area contributed by atoms with Crippen molar-refractivity contribution in [3.63, 3.8) is 0 Å². The minimum atomic E-state index is -1.02. The number of carboxylic acids is 1. The van der Waals surface area contributed by atoms with E-state index in [1.807, 2.05) is 19.9 Å². The Labute approximate surface area is 116 Å². The molecule has 0 fully saturated rings. The molecule has 20 heavy (non-hydrogen) atoms. The van der Waals surface area contributed by atoms with Gasteiger partial charge in [-0.05, 0) is 50.2 Å². The first-order valence-electron chi connectivity index (χ1n) is 6.06. The van der Waals surface area contributed by atoms with E-state index in [2.05, 4.69) is 10.3 Å². The van der Waals surface area contributed by atoms with Gasteiger partial charge in [0.05, 0.1) is 16.9 Å². The molecule has 0 bridgehead atoms. The summed E-state index contributed by atoms with van der Waals surface area (Å²) in [4.78, 5) is 27.1. The Kier molecular flexibility index (Phi) is 3.79. The number of hydrogen-bond acceptors (Lipinski definition) is 3. The number of pyridine rings is 1. The molecule has 0 saturated carbocycles. The molecule has 102 valence electrons. The molecule has 2 rings (SSSR count). The molecule has 0 unspecified atom stereocenters. The number of carbonyl (C=O) groups excluding carboxylic acids is 1. The molecule has 0 aliphatic rings. The number of nitrogens with one attached hydrogen (secondary N) is 1. The van der Waals surface area contributed by atoms with Crippen molar-refractivity contribution in [3.05, 3.63) is 58.9 Å². The average Bonchev–Trinajstić information content (AvgIpc) is 2.42. The molecule has 1 aromatic heterocycles. The lowest BCUT2D eigenvalue weighted by Gasteiger charge is -2.08. The normalized spacial score (nSPS) is 10.1. The summed E-state index contributed by atoms with van der Waals surface area (Å²) < 4.78 is 0. The molecule has 1 amide bonds. The highest BCUT2D eigenvalue weighted by molar-refractivity contribution is 6.05. The summed E-state index contributed by atoms with van der Waals surface area (Å²) in [6, 6.07) is 9.37. The van der Waals surface area contributed by atoms with Gasteiger partial charge in [-0.25, -0.2) is 4.79 Å². The quantitative estimate of drug-likeness (QED) is 0.898. The van der Waals surface area contributed by atoms with E-state index in [-0.39, 0.29) is 11.5 Å². The predicted molar refractivity (Wildman–Crippen MR) is 75.1 cm³/mol. The van der Waals surface area contributed by atoms with E-state index >= 15 is 0 Å². The largest absolute Gasteiger partial charge is 0.478 e. The molecule has 2 aromatic rings. The highest BCUT2D eigenvalue weighted by Gasteiger charge is 2.09. The highest BCUT2D eigenvalue weighted by atomic mass is 16.4. The molecule has 1 heterocycles. The van der Waals surface area contributed by atoms with Crippen molar-refractivity contribution in [1.82, 2.24) is 4.98 Å². The maximum Gasteiger partial charge on any atom is 0.335 e. The van der Waals surface area contributed by atoms with Crippen LogP contribution in [0.3, 0.4) is 0 Å². The number of benzene rings is 1. The number of carboxylic acid groups (broad SMARTS) is 1. The zero-order chi connectivity index (χ0) is 14.7. The summed E-state index contributed by atoms with van der Waals surface area (Å²) >= 11 is 0. The van der Waals surface area contributed by atoms with E-state index in [1.54, 1.807) is 6.07 Å². The number of carbonyl (C=O) groups is 2.